The molecule has 0 spiro atoms. The molecule has 180 valence electrons. The van der Waals surface area contributed by atoms with E-state index < -0.39 is 0 Å². The molecule has 5 rings (SSSR count). The molecule has 0 aliphatic rings. The summed E-state index contributed by atoms with van der Waals surface area (Å²) in [5.74, 6) is -0.112. The Morgan fingerprint density at radius 2 is 1.75 bits per heavy atom. The van der Waals surface area contributed by atoms with Crippen LogP contribution < -0.4 is 10.9 Å². The average molecular weight is 515 g/mol. The molecule has 2 heterocycles. The number of amides is 1. The third-order valence-electron chi connectivity index (χ3n) is 5.78. The van der Waals surface area contributed by atoms with E-state index in [1.54, 1.807) is 16.7 Å². The zero-order valence-corrected chi connectivity index (χ0v) is 21.1. The first kappa shape index (κ1) is 23.9. The Labute approximate surface area is 217 Å². The van der Waals surface area contributed by atoms with Gasteiger partial charge in [0.15, 0.2) is 5.16 Å². The van der Waals surface area contributed by atoms with Gasteiger partial charge in [-0.05, 0) is 41.8 Å². The molecule has 36 heavy (non-hydrogen) atoms. The van der Waals surface area contributed by atoms with Crippen LogP contribution in [0.25, 0.3) is 22.3 Å². The number of nitrogens with one attached hydrogen (secondary N) is 2. The van der Waals surface area contributed by atoms with Gasteiger partial charge in [-0.25, -0.2) is 4.98 Å². The molecule has 5 aromatic rings. The maximum atomic E-state index is 13.6. The van der Waals surface area contributed by atoms with Crippen molar-refractivity contribution in [3.05, 3.63) is 111 Å². The van der Waals surface area contributed by atoms with Crippen LogP contribution in [0, 0.1) is 6.92 Å². The molecule has 3 aromatic carbocycles. The summed E-state index contributed by atoms with van der Waals surface area (Å²) in [6, 6.07) is 26.8. The zero-order valence-electron chi connectivity index (χ0n) is 19.5. The third kappa shape index (κ3) is 5.22. The number of fused-ring (bicyclic) bond motifs is 1. The number of carbonyl (C=O) groups excluding carboxylic acids is 1. The van der Waals surface area contributed by atoms with Crippen molar-refractivity contribution in [2.75, 3.05) is 11.1 Å². The summed E-state index contributed by atoms with van der Waals surface area (Å²) in [5.41, 5.74) is 5.16. The van der Waals surface area contributed by atoms with Crippen molar-refractivity contribution in [3.8, 4) is 11.3 Å². The fraction of sp³-hybridized carbons (Fsp3) is 0.107. The number of anilines is 1. The van der Waals surface area contributed by atoms with E-state index in [1.165, 1.54) is 11.8 Å². The summed E-state index contributed by atoms with van der Waals surface area (Å²) < 4.78 is 1.62. The van der Waals surface area contributed by atoms with Crippen molar-refractivity contribution in [1.29, 1.82) is 0 Å². The minimum atomic E-state index is -0.204. The molecule has 2 aromatic heterocycles. The molecule has 8 heteroatoms. The number of hydrogen-bond acceptors (Lipinski definition) is 4. The predicted octanol–water partition coefficient (Wildman–Crippen LogP) is 6.13. The lowest BCUT2D eigenvalue weighted by Crippen LogP contribution is -2.25. The van der Waals surface area contributed by atoms with Gasteiger partial charge in [0, 0.05) is 16.4 Å². The number of nitrogens with zero attached hydrogens (tertiary/aromatic N) is 2. The second kappa shape index (κ2) is 10.4. The smallest absolute Gasteiger partial charge is 0.278 e. The third-order valence-corrected chi connectivity index (χ3v) is 6.99. The minimum Gasteiger partial charge on any atom is -0.349 e. The van der Waals surface area contributed by atoms with E-state index in [9.17, 15) is 9.59 Å². The van der Waals surface area contributed by atoms with Crippen LogP contribution in [0.4, 0.5) is 5.69 Å². The minimum absolute atomic E-state index is 0.0919. The van der Waals surface area contributed by atoms with Gasteiger partial charge in [0.2, 0.25) is 5.91 Å². The number of aryl methyl sites for hydroxylation is 1. The summed E-state index contributed by atoms with van der Waals surface area (Å²) in [6.45, 7) is 2.25. The second-order valence-corrected chi connectivity index (χ2v) is 9.76. The summed E-state index contributed by atoms with van der Waals surface area (Å²) in [7, 11) is 0. The van der Waals surface area contributed by atoms with E-state index in [0.29, 0.717) is 33.4 Å². The molecular weight excluding hydrogens is 492 g/mol. The van der Waals surface area contributed by atoms with Crippen molar-refractivity contribution in [2.45, 2.75) is 18.6 Å². The van der Waals surface area contributed by atoms with E-state index in [-0.39, 0.29) is 17.2 Å². The van der Waals surface area contributed by atoms with Crippen LogP contribution in [-0.4, -0.2) is 26.2 Å². The first-order valence-electron chi connectivity index (χ1n) is 11.4. The van der Waals surface area contributed by atoms with E-state index in [0.717, 1.165) is 22.4 Å². The number of aromatic amines is 1. The first-order valence-corrected chi connectivity index (χ1v) is 12.8. The Hall–Kier alpha value is -3.81. The van der Waals surface area contributed by atoms with Crippen molar-refractivity contribution in [3.63, 3.8) is 0 Å². The van der Waals surface area contributed by atoms with Crippen molar-refractivity contribution in [2.24, 2.45) is 0 Å². The number of benzene rings is 3. The lowest BCUT2D eigenvalue weighted by molar-refractivity contribution is -0.113. The first-order chi connectivity index (χ1) is 17.5. The van der Waals surface area contributed by atoms with E-state index in [2.05, 4.69) is 10.3 Å². The molecule has 0 aliphatic heterocycles. The molecule has 0 fully saturated rings. The van der Waals surface area contributed by atoms with Gasteiger partial charge in [-0.2, -0.15) is 0 Å². The number of aromatic nitrogens is 3. The molecule has 6 nitrogen and oxygen atoms in total. The predicted molar refractivity (Wildman–Crippen MR) is 147 cm³/mol. The number of thioether (sulfide) groups is 1. The molecular formula is C28H23ClN4O2S. The van der Waals surface area contributed by atoms with E-state index in [1.807, 2.05) is 79.7 Å². The Kier molecular flexibility index (Phi) is 6.93. The molecule has 0 radical (unpaired) electrons. The quantitative estimate of drug-likeness (QED) is 0.202. The Morgan fingerprint density at radius 1 is 1.03 bits per heavy atom. The monoisotopic (exact) mass is 514 g/mol. The molecule has 0 unspecified atom stereocenters. The summed E-state index contributed by atoms with van der Waals surface area (Å²) in [6.07, 6.45) is 0. The maximum Gasteiger partial charge on any atom is 0.278 e. The van der Waals surface area contributed by atoms with Crippen LogP contribution in [0.5, 0.6) is 0 Å². The van der Waals surface area contributed by atoms with Crippen LogP contribution in [0.1, 0.15) is 11.1 Å². The van der Waals surface area contributed by atoms with Gasteiger partial charge in [0.1, 0.15) is 5.52 Å². The summed E-state index contributed by atoms with van der Waals surface area (Å²) in [4.78, 5) is 34.4. The topological polar surface area (TPSA) is 79.8 Å². The Bertz CT molecular complexity index is 1600. The number of carbonyl (C=O) groups is 1. The molecule has 1 amide bonds. The Balaban J connectivity index is 1.48. The largest absolute Gasteiger partial charge is 0.349 e. The molecule has 0 aliphatic carbocycles. The molecule has 0 atom stereocenters. The molecule has 0 saturated carbocycles. The highest BCUT2D eigenvalue weighted by Gasteiger charge is 2.17. The number of halogens is 1. The fourth-order valence-corrected chi connectivity index (χ4v) is 4.88. The number of rotatable bonds is 7. The van der Waals surface area contributed by atoms with Crippen LogP contribution in [-0.2, 0) is 11.3 Å². The fourth-order valence-electron chi connectivity index (χ4n) is 3.91. The van der Waals surface area contributed by atoms with Gasteiger partial charge in [0.05, 0.1) is 17.8 Å². The van der Waals surface area contributed by atoms with Gasteiger partial charge in [-0.15, -0.1) is 0 Å². The standard InChI is InChI=1S/C28H23ClN4O2S/c1-18-12-13-21(29)14-22(18)30-25(34)17-36-28-32-24-15-23(20-10-6-3-7-11-20)31-26(24)27(35)33(28)16-19-8-4-2-5-9-19/h2-15,31H,16-17H2,1H3,(H,30,34). The van der Waals surface area contributed by atoms with Crippen LogP contribution in [0.2, 0.25) is 5.02 Å². The lowest BCUT2D eigenvalue weighted by Gasteiger charge is -2.13. The van der Waals surface area contributed by atoms with Crippen molar-refractivity contribution >= 4 is 46.0 Å². The van der Waals surface area contributed by atoms with Gasteiger partial charge < -0.3 is 10.3 Å². The van der Waals surface area contributed by atoms with Gasteiger partial charge in [0.25, 0.3) is 5.56 Å². The molecule has 2 N–H and O–H groups in total. The highest BCUT2D eigenvalue weighted by atomic mass is 35.5. The lowest BCUT2D eigenvalue weighted by atomic mass is 10.2. The van der Waals surface area contributed by atoms with Crippen molar-refractivity contribution < 1.29 is 4.79 Å². The average Bonchev–Trinajstić information content (AvgIpc) is 3.33. The van der Waals surface area contributed by atoms with E-state index in [4.69, 9.17) is 16.6 Å². The van der Waals surface area contributed by atoms with Gasteiger partial charge in [-0.3, -0.25) is 14.2 Å². The van der Waals surface area contributed by atoms with Crippen LogP contribution in [0.15, 0.2) is 94.9 Å². The zero-order chi connectivity index (χ0) is 25.1. The second-order valence-electron chi connectivity index (χ2n) is 8.38. The van der Waals surface area contributed by atoms with Gasteiger partial charge >= 0.3 is 0 Å². The highest BCUT2D eigenvalue weighted by Crippen LogP contribution is 2.25. The maximum absolute atomic E-state index is 13.6. The summed E-state index contributed by atoms with van der Waals surface area (Å²) in [5, 5.41) is 3.93. The van der Waals surface area contributed by atoms with Crippen LogP contribution >= 0.6 is 23.4 Å². The van der Waals surface area contributed by atoms with E-state index >= 15 is 0 Å². The molecule has 0 saturated heterocycles. The van der Waals surface area contributed by atoms with Gasteiger partial charge in [-0.1, -0.05) is 90.1 Å². The van der Waals surface area contributed by atoms with Crippen LogP contribution in [0.3, 0.4) is 0 Å². The number of hydrogen-bond donors (Lipinski definition) is 2. The van der Waals surface area contributed by atoms with Crippen molar-refractivity contribution in [1.82, 2.24) is 14.5 Å². The summed E-state index contributed by atoms with van der Waals surface area (Å²) >= 11 is 7.31. The molecule has 0 bridgehead atoms. The number of H-pyrrole nitrogens is 1. The SMILES string of the molecule is Cc1ccc(Cl)cc1NC(=O)CSc1nc2cc(-c3ccccc3)[nH]c2c(=O)n1Cc1ccccc1. The highest BCUT2D eigenvalue weighted by molar-refractivity contribution is 7.99. The normalized spacial score (nSPS) is 11.1. The Morgan fingerprint density at radius 3 is 2.50 bits per heavy atom.